The van der Waals surface area contributed by atoms with E-state index in [2.05, 4.69) is 33.0 Å². The Morgan fingerprint density at radius 3 is 2.74 bits per heavy atom. The van der Waals surface area contributed by atoms with E-state index in [0.717, 1.165) is 31.7 Å². The van der Waals surface area contributed by atoms with E-state index in [9.17, 15) is 9.59 Å². The van der Waals surface area contributed by atoms with Gasteiger partial charge in [0, 0.05) is 24.8 Å². The molecule has 0 aliphatic carbocycles. The molecule has 3 heterocycles. The number of imide groups is 1. The first-order chi connectivity index (χ1) is 11.0. The normalized spacial score (nSPS) is 22.7. The SMILES string of the molecule is Cc1cc(C)n(C[C@H]2CCCCN2CCN2C(=O)CNC2=O)n1. The second-order valence-corrected chi connectivity index (χ2v) is 6.50. The van der Waals surface area contributed by atoms with Crippen LogP contribution in [0.25, 0.3) is 0 Å². The minimum absolute atomic E-state index is 0.123. The van der Waals surface area contributed by atoms with Crippen LogP contribution in [0, 0.1) is 13.8 Å². The number of nitrogens with zero attached hydrogens (tertiary/aromatic N) is 4. The van der Waals surface area contributed by atoms with Crippen molar-refractivity contribution < 1.29 is 9.59 Å². The highest BCUT2D eigenvalue weighted by atomic mass is 16.2. The highest BCUT2D eigenvalue weighted by molar-refractivity contribution is 6.01. The van der Waals surface area contributed by atoms with Gasteiger partial charge in [-0.2, -0.15) is 5.10 Å². The number of likely N-dealkylation sites (tertiary alicyclic amines) is 1. The molecule has 3 rings (SSSR count). The Bertz CT molecular complexity index is 581. The predicted molar refractivity (Wildman–Crippen MR) is 86.0 cm³/mol. The number of aryl methyl sites for hydroxylation is 2. The number of rotatable bonds is 5. The van der Waals surface area contributed by atoms with Crippen molar-refractivity contribution in [2.75, 3.05) is 26.2 Å². The Kier molecular flexibility index (Phi) is 4.66. The van der Waals surface area contributed by atoms with Gasteiger partial charge in [0.2, 0.25) is 5.91 Å². The van der Waals surface area contributed by atoms with Gasteiger partial charge < -0.3 is 5.32 Å². The van der Waals surface area contributed by atoms with Gasteiger partial charge in [0.15, 0.2) is 0 Å². The van der Waals surface area contributed by atoms with Crippen LogP contribution >= 0.6 is 0 Å². The largest absolute Gasteiger partial charge is 0.329 e. The summed E-state index contributed by atoms with van der Waals surface area (Å²) >= 11 is 0. The molecule has 1 N–H and O–H groups in total. The Morgan fingerprint density at radius 2 is 2.09 bits per heavy atom. The van der Waals surface area contributed by atoms with Gasteiger partial charge in [-0.1, -0.05) is 6.42 Å². The maximum atomic E-state index is 11.7. The molecular formula is C16H25N5O2. The fourth-order valence-corrected chi connectivity index (χ4v) is 3.53. The number of hydrogen-bond donors (Lipinski definition) is 1. The van der Waals surface area contributed by atoms with Crippen LogP contribution < -0.4 is 5.32 Å². The maximum absolute atomic E-state index is 11.7. The summed E-state index contributed by atoms with van der Waals surface area (Å²) in [4.78, 5) is 27.1. The summed E-state index contributed by atoms with van der Waals surface area (Å²) in [5.41, 5.74) is 2.23. The van der Waals surface area contributed by atoms with Crippen molar-refractivity contribution in [3.63, 3.8) is 0 Å². The minimum Gasteiger partial charge on any atom is -0.329 e. The van der Waals surface area contributed by atoms with Gasteiger partial charge in [0.05, 0.1) is 18.8 Å². The lowest BCUT2D eigenvalue weighted by Gasteiger charge is -2.36. The van der Waals surface area contributed by atoms with Crippen LogP contribution in [0.15, 0.2) is 6.07 Å². The molecule has 2 aliphatic heterocycles. The lowest BCUT2D eigenvalue weighted by molar-refractivity contribution is -0.125. The number of hydrogen-bond acceptors (Lipinski definition) is 4. The molecule has 7 nitrogen and oxygen atoms in total. The van der Waals surface area contributed by atoms with Crippen molar-refractivity contribution >= 4 is 11.9 Å². The lowest BCUT2D eigenvalue weighted by Crippen LogP contribution is -2.47. The predicted octanol–water partition coefficient (Wildman–Crippen LogP) is 0.906. The molecule has 0 unspecified atom stereocenters. The number of carbonyl (C=O) groups excluding carboxylic acids is 2. The molecule has 126 valence electrons. The van der Waals surface area contributed by atoms with Gasteiger partial charge in [-0.3, -0.25) is 19.3 Å². The van der Waals surface area contributed by atoms with Crippen molar-refractivity contribution in [3.8, 4) is 0 Å². The number of amides is 3. The topological polar surface area (TPSA) is 70.5 Å². The van der Waals surface area contributed by atoms with E-state index in [1.54, 1.807) is 0 Å². The molecule has 0 spiro atoms. The van der Waals surface area contributed by atoms with Crippen LogP contribution in [0.2, 0.25) is 0 Å². The van der Waals surface area contributed by atoms with E-state index in [1.807, 2.05) is 6.92 Å². The molecule has 1 atom stereocenters. The van der Waals surface area contributed by atoms with Crippen molar-refractivity contribution in [2.45, 2.75) is 45.7 Å². The van der Waals surface area contributed by atoms with Crippen LogP contribution in [0.3, 0.4) is 0 Å². The second-order valence-electron chi connectivity index (χ2n) is 6.50. The Hall–Kier alpha value is -1.89. The van der Waals surface area contributed by atoms with Crippen LogP contribution in [0.4, 0.5) is 4.79 Å². The van der Waals surface area contributed by atoms with Gasteiger partial charge in [0.1, 0.15) is 0 Å². The van der Waals surface area contributed by atoms with Gasteiger partial charge in [0.25, 0.3) is 0 Å². The van der Waals surface area contributed by atoms with Crippen molar-refractivity contribution in [2.24, 2.45) is 0 Å². The fraction of sp³-hybridized carbons (Fsp3) is 0.688. The number of piperidine rings is 1. The summed E-state index contributed by atoms with van der Waals surface area (Å²) in [6.07, 6.45) is 3.54. The van der Waals surface area contributed by atoms with Gasteiger partial charge >= 0.3 is 6.03 Å². The lowest BCUT2D eigenvalue weighted by atomic mass is 10.0. The average Bonchev–Trinajstić information content (AvgIpc) is 3.00. The molecule has 2 aliphatic rings. The average molecular weight is 319 g/mol. The first-order valence-corrected chi connectivity index (χ1v) is 8.38. The highest BCUT2D eigenvalue weighted by Gasteiger charge is 2.30. The molecule has 3 amide bonds. The summed E-state index contributed by atoms with van der Waals surface area (Å²) < 4.78 is 2.08. The number of carbonyl (C=O) groups is 2. The number of aromatic nitrogens is 2. The molecule has 23 heavy (non-hydrogen) atoms. The fourth-order valence-electron chi connectivity index (χ4n) is 3.53. The molecule has 0 aromatic carbocycles. The van der Waals surface area contributed by atoms with Crippen molar-refractivity contribution in [1.82, 2.24) is 24.9 Å². The minimum atomic E-state index is -0.262. The molecule has 0 radical (unpaired) electrons. The van der Waals surface area contributed by atoms with Gasteiger partial charge in [-0.05, 0) is 39.3 Å². The molecule has 2 fully saturated rings. The van der Waals surface area contributed by atoms with Crippen LogP contribution in [0.1, 0.15) is 30.7 Å². The third-order valence-corrected chi connectivity index (χ3v) is 4.78. The summed E-state index contributed by atoms with van der Waals surface area (Å²) in [5.74, 6) is -0.123. The summed E-state index contributed by atoms with van der Waals surface area (Å²) in [5, 5.41) is 7.13. The third-order valence-electron chi connectivity index (χ3n) is 4.78. The van der Waals surface area contributed by atoms with Gasteiger partial charge in [-0.25, -0.2) is 4.79 Å². The molecule has 1 aromatic heterocycles. The zero-order valence-electron chi connectivity index (χ0n) is 13.9. The summed E-state index contributed by atoms with van der Waals surface area (Å²) in [6, 6.07) is 2.25. The van der Waals surface area contributed by atoms with E-state index in [4.69, 9.17) is 0 Å². The van der Waals surface area contributed by atoms with E-state index >= 15 is 0 Å². The van der Waals surface area contributed by atoms with E-state index < -0.39 is 0 Å². The Morgan fingerprint density at radius 1 is 1.26 bits per heavy atom. The van der Waals surface area contributed by atoms with E-state index in [-0.39, 0.29) is 18.5 Å². The highest BCUT2D eigenvalue weighted by Crippen LogP contribution is 2.19. The van der Waals surface area contributed by atoms with Crippen LogP contribution in [-0.4, -0.2) is 63.7 Å². The van der Waals surface area contributed by atoms with E-state index in [1.165, 1.54) is 23.4 Å². The zero-order chi connectivity index (χ0) is 16.4. The zero-order valence-corrected chi connectivity index (χ0v) is 13.9. The van der Waals surface area contributed by atoms with Crippen molar-refractivity contribution in [1.29, 1.82) is 0 Å². The quantitative estimate of drug-likeness (QED) is 0.819. The molecule has 0 saturated carbocycles. The molecule has 0 bridgehead atoms. The Labute approximate surface area is 136 Å². The first kappa shape index (κ1) is 16.0. The van der Waals surface area contributed by atoms with Gasteiger partial charge in [-0.15, -0.1) is 0 Å². The Balaban J connectivity index is 1.61. The maximum Gasteiger partial charge on any atom is 0.324 e. The standard InChI is InChI=1S/C16H25N5O2/c1-12-9-13(2)21(18-12)11-14-5-3-4-6-19(14)7-8-20-15(22)10-17-16(20)23/h9,14H,3-8,10-11H2,1-2H3,(H,17,23)/t14-/m1/s1. The molecule has 2 saturated heterocycles. The smallest absolute Gasteiger partial charge is 0.324 e. The second kappa shape index (κ2) is 6.70. The van der Waals surface area contributed by atoms with Crippen molar-refractivity contribution in [3.05, 3.63) is 17.5 Å². The summed E-state index contributed by atoms with van der Waals surface area (Å²) in [7, 11) is 0. The van der Waals surface area contributed by atoms with E-state index in [0.29, 0.717) is 12.6 Å². The summed E-state index contributed by atoms with van der Waals surface area (Å²) in [6.45, 7) is 7.34. The molecule has 1 aromatic rings. The number of nitrogens with one attached hydrogen (secondary N) is 1. The molecular weight excluding hydrogens is 294 g/mol. The van der Waals surface area contributed by atoms with Crippen LogP contribution in [-0.2, 0) is 11.3 Å². The first-order valence-electron chi connectivity index (χ1n) is 8.38. The monoisotopic (exact) mass is 319 g/mol. The molecule has 7 heteroatoms. The van der Waals surface area contributed by atoms with Crippen LogP contribution in [0.5, 0.6) is 0 Å². The third kappa shape index (κ3) is 3.55. The number of urea groups is 1.